The first kappa shape index (κ1) is 20.5. The van der Waals surface area contributed by atoms with Crippen molar-refractivity contribution in [1.29, 1.82) is 0 Å². The van der Waals surface area contributed by atoms with Crippen LogP contribution in [0.3, 0.4) is 0 Å². The van der Waals surface area contributed by atoms with Crippen molar-refractivity contribution in [1.82, 2.24) is 4.90 Å². The molecule has 3 rings (SSSR count). The van der Waals surface area contributed by atoms with Gasteiger partial charge in [0.25, 0.3) is 0 Å². The normalized spacial score (nSPS) is 21.8. The van der Waals surface area contributed by atoms with Gasteiger partial charge in [-0.1, -0.05) is 32.0 Å². The summed E-state index contributed by atoms with van der Waals surface area (Å²) in [6.45, 7) is 11.3. The topological polar surface area (TPSA) is 15.7 Å². The number of methoxy groups -OCH3 is 1. The molecular formula is C21H35ClN2O. The molecule has 1 aliphatic heterocycles. The van der Waals surface area contributed by atoms with Gasteiger partial charge in [0.05, 0.1) is 6.61 Å². The lowest BCUT2D eigenvalue weighted by Crippen LogP contribution is -2.47. The molecule has 0 amide bonds. The number of nitrogens with zero attached hydrogens (tertiary/aromatic N) is 2. The first-order valence-electron chi connectivity index (χ1n) is 9.64. The van der Waals surface area contributed by atoms with Crippen molar-refractivity contribution in [2.75, 3.05) is 51.3 Å². The smallest absolute Gasteiger partial charge is 0.0589 e. The summed E-state index contributed by atoms with van der Waals surface area (Å²) in [5.74, 6) is 0.751. The highest BCUT2D eigenvalue weighted by atomic mass is 35.5. The van der Waals surface area contributed by atoms with Crippen LogP contribution in [0.1, 0.15) is 51.0 Å². The molecule has 3 nitrogen and oxygen atoms in total. The molecule has 25 heavy (non-hydrogen) atoms. The second kappa shape index (κ2) is 9.25. The van der Waals surface area contributed by atoms with E-state index in [1.807, 2.05) is 0 Å². The number of rotatable bonds is 5. The minimum absolute atomic E-state index is 0. The van der Waals surface area contributed by atoms with Crippen molar-refractivity contribution in [2.24, 2.45) is 5.41 Å². The molecule has 1 heterocycles. The van der Waals surface area contributed by atoms with Gasteiger partial charge >= 0.3 is 0 Å². The Hall–Kier alpha value is -0.770. The average Bonchev–Trinajstić information content (AvgIpc) is 2.60. The van der Waals surface area contributed by atoms with Crippen LogP contribution in [0, 0.1) is 5.41 Å². The highest BCUT2D eigenvalue weighted by Gasteiger charge is 2.29. The van der Waals surface area contributed by atoms with Gasteiger partial charge in [0.2, 0.25) is 0 Å². The monoisotopic (exact) mass is 366 g/mol. The van der Waals surface area contributed by atoms with Crippen LogP contribution in [0.5, 0.6) is 0 Å². The van der Waals surface area contributed by atoms with Crippen LogP contribution in [0.2, 0.25) is 0 Å². The minimum Gasteiger partial charge on any atom is -0.383 e. The lowest BCUT2D eigenvalue weighted by Gasteiger charge is -2.39. The first-order valence-corrected chi connectivity index (χ1v) is 9.64. The zero-order valence-corrected chi connectivity index (χ0v) is 17.0. The van der Waals surface area contributed by atoms with E-state index in [2.05, 4.69) is 47.9 Å². The SMILES string of the molecule is COCCN1CCN(c2ccccc2C2CCC(C)(C)CC2)CC1.Cl. The molecule has 0 bridgehead atoms. The molecule has 0 spiro atoms. The zero-order chi connectivity index (χ0) is 17.0. The predicted molar refractivity (Wildman–Crippen MR) is 109 cm³/mol. The molecule has 4 heteroatoms. The maximum Gasteiger partial charge on any atom is 0.0589 e. The summed E-state index contributed by atoms with van der Waals surface area (Å²) in [5, 5.41) is 0. The summed E-state index contributed by atoms with van der Waals surface area (Å²) in [7, 11) is 1.79. The van der Waals surface area contributed by atoms with Crippen molar-refractivity contribution in [3.63, 3.8) is 0 Å². The van der Waals surface area contributed by atoms with Crippen LogP contribution in [0.25, 0.3) is 0 Å². The number of anilines is 1. The third kappa shape index (κ3) is 5.35. The molecule has 1 saturated heterocycles. The Kier molecular flexibility index (Phi) is 7.60. The number of hydrogen-bond acceptors (Lipinski definition) is 3. The second-order valence-corrected chi connectivity index (χ2v) is 8.32. The Morgan fingerprint density at radius 1 is 1.04 bits per heavy atom. The van der Waals surface area contributed by atoms with Crippen molar-refractivity contribution >= 4 is 18.1 Å². The number of benzene rings is 1. The molecule has 2 aliphatic rings. The van der Waals surface area contributed by atoms with Crippen molar-refractivity contribution in [3.05, 3.63) is 29.8 Å². The van der Waals surface area contributed by atoms with Crippen molar-refractivity contribution in [3.8, 4) is 0 Å². The maximum absolute atomic E-state index is 5.22. The minimum atomic E-state index is 0. The molecular weight excluding hydrogens is 332 g/mol. The van der Waals surface area contributed by atoms with Gasteiger partial charge in [0, 0.05) is 45.5 Å². The van der Waals surface area contributed by atoms with Gasteiger partial charge in [-0.05, 0) is 48.6 Å². The van der Waals surface area contributed by atoms with E-state index in [9.17, 15) is 0 Å². The summed E-state index contributed by atoms with van der Waals surface area (Å²) < 4.78 is 5.22. The highest BCUT2D eigenvalue weighted by molar-refractivity contribution is 5.85. The highest BCUT2D eigenvalue weighted by Crippen LogP contribution is 2.44. The van der Waals surface area contributed by atoms with Crippen LogP contribution < -0.4 is 4.90 Å². The fraction of sp³-hybridized carbons (Fsp3) is 0.714. The van der Waals surface area contributed by atoms with Gasteiger partial charge in [0.1, 0.15) is 0 Å². The Bertz CT molecular complexity index is 516. The quantitative estimate of drug-likeness (QED) is 0.759. The summed E-state index contributed by atoms with van der Waals surface area (Å²) in [6, 6.07) is 9.17. The maximum atomic E-state index is 5.22. The fourth-order valence-corrected chi connectivity index (χ4v) is 4.26. The van der Waals surface area contributed by atoms with Crippen molar-refractivity contribution < 1.29 is 4.74 Å². The van der Waals surface area contributed by atoms with E-state index >= 15 is 0 Å². The van der Waals surface area contributed by atoms with E-state index in [0.29, 0.717) is 5.41 Å². The molecule has 1 aliphatic carbocycles. The Morgan fingerprint density at radius 3 is 2.32 bits per heavy atom. The molecule has 1 aromatic carbocycles. The van der Waals surface area contributed by atoms with E-state index in [1.54, 1.807) is 12.7 Å². The number of halogens is 1. The van der Waals surface area contributed by atoms with Gasteiger partial charge in [0.15, 0.2) is 0 Å². The molecule has 0 unspecified atom stereocenters. The van der Waals surface area contributed by atoms with Crippen LogP contribution in [0.15, 0.2) is 24.3 Å². The lowest BCUT2D eigenvalue weighted by molar-refractivity contribution is 0.144. The molecule has 0 atom stereocenters. The Labute approximate surface area is 160 Å². The van der Waals surface area contributed by atoms with E-state index in [1.165, 1.54) is 31.4 Å². The van der Waals surface area contributed by atoms with Gasteiger partial charge in [-0.15, -0.1) is 12.4 Å². The Balaban J connectivity index is 0.00000225. The molecule has 142 valence electrons. The number of hydrogen-bond donors (Lipinski definition) is 0. The third-order valence-corrected chi connectivity index (χ3v) is 6.04. The predicted octanol–water partition coefficient (Wildman–Crippen LogP) is 4.56. The van der Waals surface area contributed by atoms with Gasteiger partial charge in [-0.25, -0.2) is 0 Å². The van der Waals surface area contributed by atoms with E-state index in [-0.39, 0.29) is 12.4 Å². The summed E-state index contributed by atoms with van der Waals surface area (Å²) in [6.07, 6.45) is 5.41. The van der Waals surface area contributed by atoms with Crippen LogP contribution in [0.4, 0.5) is 5.69 Å². The molecule has 0 N–H and O–H groups in total. The molecule has 0 radical (unpaired) electrons. The van der Waals surface area contributed by atoms with E-state index in [4.69, 9.17) is 4.74 Å². The Morgan fingerprint density at radius 2 is 1.68 bits per heavy atom. The van der Waals surface area contributed by atoms with Crippen LogP contribution in [-0.4, -0.2) is 51.3 Å². The van der Waals surface area contributed by atoms with E-state index < -0.39 is 0 Å². The third-order valence-electron chi connectivity index (χ3n) is 6.04. The summed E-state index contributed by atoms with van der Waals surface area (Å²) in [4.78, 5) is 5.13. The number of piperazine rings is 1. The molecule has 0 aromatic heterocycles. The lowest BCUT2D eigenvalue weighted by atomic mass is 9.71. The molecule has 2 fully saturated rings. The zero-order valence-electron chi connectivity index (χ0n) is 16.2. The second-order valence-electron chi connectivity index (χ2n) is 8.32. The first-order chi connectivity index (χ1) is 11.6. The average molecular weight is 367 g/mol. The summed E-state index contributed by atoms with van der Waals surface area (Å²) in [5.41, 5.74) is 3.63. The van der Waals surface area contributed by atoms with E-state index in [0.717, 1.165) is 45.2 Å². The largest absolute Gasteiger partial charge is 0.383 e. The van der Waals surface area contributed by atoms with Gasteiger partial charge in [-0.3, -0.25) is 4.90 Å². The van der Waals surface area contributed by atoms with Gasteiger partial charge in [-0.2, -0.15) is 0 Å². The molecule has 1 aromatic rings. The van der Waals surface area contributed by atoms with Crippen LogP contribution in [-0.2, 0) is 4.74 Å². The fourth-order valence-electron chi connectivity index (χ4n) is 4.26. The summed E-state index contributed by atoms with van der Waals surface area (Å²) >= 11 is 0. The number of para-hydroxylation sites is 1. The van der Waals surface area contributed by atoms with Crippen molar-refractivity contribution in [2.45, 2.75) is 45.4 Å². The molecule has 1 saturated carbocycles. The van der Waals surface area contributed by atoms with Crippen LogP contribution >= 0.6 is 12.4 Å². The standard InChI is InChI=1S/C21H34N2O.ClH/c1-21(2)10-8-18(9-11-21)19-6-4-5-7-20(19)23-14-12-22(13-15-23)16-17-24-3;/h4-7,18H,8-17H2,1-3H3;1H. The number of ether oxygens (including phenoxy) is 1. The van der Waals surface area contributed by atoms with Gasteiger partial charge < -0.3 is 9.64 Å².